The first-order valence-corrected chi connectivity index (χ1v) is 11.3. The molecule has 2 aromatic carbocycles. The lowest BCUT2D eigenvalue weighted by molar-refractivity contribution is 0.165. The normalized spacial score (nSPS) is 12.9. The van der Waals surface area contributed by atoms with Gasteiger partial charge in [-0.2, -0.15) is 11.8 Å². The van der Waals surface area contributed by atoms with Crippen LogP contribution in [0.1, 0.15) is 50.2 Å². The van der Waals surface area contributed by atoms with Gasteiger partial charge in [0.15, 0.2) is 0 Å². The minimum atomic E-state index is -0.334. The Morgan fingerprint density at radius 2 is 1.61 bits per heavy atom. The van der Waals surface area contributed by atoms with Crippen molar-refractivity contribution >= 4 is 17.9 Å². The number of hydrogen-bond donors (Lipinski definition) is 1. The fraction of sp³-hybridized carbons (Fsp3) is 0.458. The van der Waals surface area contributed by atoms with Gasteiger partial charge in [-0.05, 0) is 24.0 Å². The van der Waals surface area contributed by atoms with E-state index in [2.05, 4.69) is 60.8 Å². The largest absolute Gasteiger partial charge is 0.453 e. The van der Waals surface area contributed by atoms with Crippen molar-refractivity contribution in [2.45, 2.75) is 62.5 Å². The molecule has 2 atom stereocenters. The average molecular weight is 400 g/mol. The Bertz CT molecular complexity index is 663. The van der Waals surface area contributed by atoms with Crippen LogP contribution in [-0.2, 0) is 16.9 Å². The van der Waals surface area contributed by atoms with Gasteiger partial charge in [-0.15, -0.1) is 0 Å². The van der Waals surface area contributed by atoms with E-state index in [-0.39, 0.29) is 12.1 Å². The molecule has 0 aliphatic carbocycles. The van der Waals surface area contributed by atoms with Crippen LogP contribution in [0.15, 0.2) is 60.7 Å². The molecular weight excluding hydrogens is 366 g/mol. The van der Waals surface area contributed by atoms with Crippen molar-refractivity contribution in [2.24, 2.45) is 0 Å². The highest BCUT2D eigenvalue weighted by molar-refractivity contribution is 7.99. The van der Waals surface area contributed by atoms with Gasteiger partial charge in [0.05, 0.1) is 7.11 Å². The highest BCUT2D eigenvalue weighted by atomic mass is 32.2. The van der Waals surface area contributed by atoms with Crippen LogP contribution in [0.2, 0.25) is 0 Å². The van der Waals surface area contributed by atoms with Crippen molar-refractivity contribution in [3.05, 3.63) is 71.8 Å². The van der Waals surface area contributed by atoms with Crippen LogP contribution in [0.25, 0.3) is 0 Å². The number of methoxy groups -OCH3 is 1. The minimum absolute atomic E-state index is 0.0956. The molecule has 0 heterocycles. The fourth-order valence-corrected chi connectivity index (χ4v) is 4.64. The first-order valence-electron chi connectivity index (χ1n) is 10.3. The Labute approximate surface area is 174 Å². The van der Waals surface area contributed by atoms with Crippen LogP contribution in [0.5, 0.6) is 0 Å². The molecule has 0 bridgehead atoms. The molecule has 0 spiro atoms. The van der Waals surface area contributed by atoms with Crippen molar-refractivity contribution < 1.29 is 9.53 Å². The number of carbonyl (C=O) groups excluding carboxylic acids is 1. The van der Waals surface area contributed by atoms with Gasteiger partial charge >= 0.3 is 6.09 Å². The van der Waals surface area contributed by atoms with Gasteiger partial charge in [-0.1, -0.05) is 93.3 Å². The number of nitrogens with one attached hydrogen (secondary N) is 1. The van der Waals surface area contributed by atoms with Gasteiger partial charge in [-0.25, -0.2) is 4.79 Å². The Morgan fingerprint density at radius 1 is 0.964 bits per heavy atom. The van der Waals surface area contributed by atoms with Crippen molar-refractivity contribution in [3.63, 3.8) is 0 Å². The topological polar surface area (TPSA) is 38.3 Å². The Balaban J connectivity index is 2.10. The third-order valence-corrected chi connectivity index (χ3v) is 6.32. The molecule has 0 fully saturated rings. The molecule has 152 valence electrons. The molecule has 4 heteroatoms. The summed E-state index contributed by atoms with van der Waals surface area (Å²) in [5.41, 5.74) is 2.62. The number of benzene rings is 2. The van der Waals surface area contributed by atoms with E-state index < -0.39 is 0 Å². The number of unbranched alkanes of at least 4 members (excludes halogenated alkanes) is 3. The van der Waals surface area contributed by atoms with Crippen molar-refractivity contribution in [1.82, 2.24) is 5.32 Å². The van der Waals surface area contributed by atoms with Gasteiger partial charge in [0.25, 0.3) is 0 Å². The van der Waals surface area contributed by atoms with E-state index in [0.29, 0.717) is 5.25 Å². The summed E-state index contributed by atoms with van der Waals surface area (Å²) in [6.07, 6.45) is 6.36. The Kier molecular flexibility index (Phi) is 10.6. The monoisotopic (exact) mass is 399 g/mol. The molecule has 0 saturated heterocycles. The van der Waals surface area contributed by atoms with Gasteiger partial charge in [0.2, 0.25) is 0 Å². The molecule has 3 nitrogen and oxygen atoms in total. The standard InChI is InChI=1S/C24H33NO2S/c1-3-4-5-12-17-22(25-24(26)27-2)23(18-20-13-8-6-9-14-20)28-19-21-15-10-7-11-16-21/h6-11,13-16,22-23H,3-5,12,17-19H2,1-2H3,(H,25,26)/t22-,23+/m1/s1. The van der Waals surface area contributed by atoms with Crippen molar-refractivity contribution in [2.75, 3.05) is 7.11 Å². The first-order chi connectivity index (χ1) is 13.7. The van der Waals surface area contributed by atoms with Crippen molar-refractivity contribution in [3.8, 4) is 0 Å². The number of rotatable bonds is 12. The first kappa shape index (κ1) is 22.4. The second kappa shape index (κ2) is 13.3. The van der Waals surface area contributed by atoms with E-state index in [1.807, 2.05) is 23.9 Å². The number of amides is 1. The van der Waals surface area contributed by atoms with E-state index in [1.165, 1.54) is 37.5 Å². The lowest BCUT2D eigenvalue weighted by atomic mass is 9.99. The Morgan fingerprint density at radius 3 is 2.21 bits per heavy atom. The third-order valence-electron chi connectivity index (χ3n) is 4.89. The summed E-state index contributed by atoms with van der Waals surface area (Å²) in [7, 11) is 1.44. The zero-order valence-electron chi connectivity index (χ0n) is 17.1. The number of carbonyl (C=O) groups is 1. The van der Waals surface area contributed by atoms with Crippen LogP contribution >= 0.6 is 11.8 Å². The molecule has 0 radical (unpaired) electrons. The van der Waals surface area contributed by atoms with Gasteiger partial charge in [0, 0.05) is 17.0 Å². The molecular formula is C24H33NO2S. The second-order valence-corrected chi connectivity index (χ2v) is 8.34. The van der Waals surface area contributed by atoms with E-state index in [9.17, 15) is 4.79 Å². The number of alkyl carbamates (subject to hydrolysis) is 1. The molecule has 2 aromatic rings. The maximum absolute atomic E-state index is 12.0. The maximum atomic E-state index is 12.0. The van der Waals surface area contributed by atoms with Crippen LogP contribution in [-0.4, -0.2) is 24.5 Å². The molecule has 2 rings (SSSR count). The van der Waals surface area contributed by atoms with E-state index in [1.54, 1.807) is 0 Å². The molecule has 0 saturated carbocycles. The molecule has 1 amide bonds. The summed E-state index contributed by atoms with van der Waals surface area (Å²) in [5, 5.41) is 3.41. The summed E-state index contributed by atoms with van der Waals surface area (Å²) in [4.78, 5) is 12.0. The molecule has 0 aliphatic rings. The highest BCUT2D eigenvalue weighted by Crippen LogP contribution is 2.27. The molecule has 0 aliphatic heterocycles. The minimum Gasteiger partial charge on any atom is -0.453 e. The predicted molar refractivity (Wildman–Crippen MR) is 120 cm³/mol. The van der Waals surface area contributed by atoms with Crippen molar-refractivity contribution in [1.29, 1.82) is 0 Å². The SMILES string of the molecule is CCCCCC[C@@H](NC(=O)OC)[C@H](Cc1ccccc1)SCc1ccccc1. The summed E-state index contributed by atoms with van der Waals surface area (Å²) in [5.74, 6) is 0.937. The summed E-state index contributed by atoms with van der Waals surface area (Å²) < 4.78 is 4.91. The van der Waals surface area contributed by atoms with Crippen LogP contribution in [0.3, 0.4) is 0 Å². The van der Waals surface area contributed by atoms with Crippen LogP contribution in [0, 0.1) is 0 Å². The smallest absolute Gasteiger partial charge is 0.407 e. The lowest BCUT2D eigenvalue weighted by Crippen LogP contribution is -2.43. The second-order valence-electron chi connectivity index (χ2n) is 7.12. The maximum Gasteiger partial charge on any atom is 0.407 e. The van der Waals surface area contributed by atoms with Gasteiger partial charge in [0.1, 0.15) is 0 Å². The number of thioether (sulfide) groups is 1. The fourth-order valence-electron chi connectivity index (χ4n) is 3.29. The van der Waals surface area contributed by atoms with E-state index in [0.717, 1.165) is 25.0 Å². The quantitative estimate of drug-likeness (QED) is 0.430. The van der Waals surface area contributed by atoms with Crippen LogP contribution in [0.4, 0.5) is 4.79 Å². The average Bonchev–Trinajstić information content (AvgIpc) is 2.74. The zero-order chi connectivity index (χ0) is 20.0. The molecule has 0 aromatic heterocycles. The van der Waals surface area contributed by atoms with Gasteiger partial charge < -0.3 is 10.1 Å². The molecule has 0 unspecified atom stereocenters. The number of hydrogen-bond acceptors (Lipinski definition) is 3. The lowest BCUT2D eigenvalue weighted by Gasteiger charge is -2.28. The van der Waals surface area contributed by atoms with E-state index >= 15 is 0 Å². The predicted octanol–water partition coefficient (Wildman–Crippen LogP) is 6.23. The third kappa shape index (κ3) is 8.39. The van der Waals surface area contributed by atoms with E-state index in [4.69, 9.17) is 4.74 Å². The summed E-state index contributed by atoms with van der Waals surface area (Å²) in [6.45, 7) is 2.22. The Hall–Kier alpha value is -1.94. The number of ether oxygens (including phenoxy) is 1. The zero-order valence-corrected chi connectivity index (χ0v) is 17.9. The summed E-state index contributed by atoms with van der Waals surface area (Å²) >= 11 is 1.92. The molecule has 1 N–H and O–H groups in total. The van der Waals surface area contributed by atoms with Gasteiger partial charge in [-0.3, -0.25) is 0 Å². The summed E-state index contributed by atoms with van der Waals surface area (Å²) in [6, 6.07) is 21.2. The molecule has 28 heavy (non-hydrogen) atoms. The highest BCUT2D eigenvalue weighted by Gasteiger charge is 2.24. The van der Waals surface area contributed by atoms with Crippen LogP contribution < -0.4 is 5.32 Å².